The lowest BCUT2D eigenvalue weighted by Crippen LogP contribution is -2.43. The van der Waals surface area contributed by atoms with Crippen LogP contribution in [0.2, 0.25) is 0 Å². The molecular formula is C20H25FN4O. The van der Waals surface area contributed by atoms with Gasteiger partial charge < -0.3 is 10.2 Å². The van der Waals surface area contributed by atoms with Gasteiger partial charge in [-0.25, -0.2) is 14.4 Å². The predicted octanol–water partition coefficient (Wildman–Crippen LogP) is 3.68. The van der Waals surface area contributed by atoms with Gasteiger partial charge in [-0.2, -0.15) is 0 Å². The molecule has 1 atom stereocenters. The molecule has 26 heavy (non-hydrogen) atoms. The molecule has 0 spiro atoms. The van der Waals surface area contributed by atoms with Gasteiger partial charge in [0, 0.05) is 25.3 Å². The first-order valence-corrected chi connectivity index (χ1v) is 9.29. The van der Waals surface area contributed by atoms with Gasteiger partial charge in [-0.3, -0.25) is 4.79 Å². The van der Waals surface area contributed by atoms with Crippen LogP contribution in [0.3, 0.4) is 0 Å². The maximum Gasteiger partial charge on any atom is 0.272 e. The predicted molar refractivity (Wildman–Crippen MR) is 99.6 cm³/mol. The molecule has 6 heteroatoms. The second-order valence-electron chi connectivity index (χ2n) is 6.63. The van der Waals surface area contributed by atoms with Crippen molar-refractivity contribution in [2.75, 3.05) is 18.4 Å². The number of anilines is 1. The first-order chi connectivity index (χ1) is 12.7. The van der Waals surface area contributed by atoms with Gasteiger partial charge in [0.2, 0.25) is 5.95 Å². The van der Waals surface area contributed by atoms with Gasteiger partial charge in [0.25, 0.3) is 5.91 Å². The summed E-state index contributed by atoms with van der Waals surface area (Å²) in [6, 6.07) is 8.41. The molecule has 5 nitrogen and oxygen atoms in total. The Morgan fingerprint density at radius 3 is 2.85 bits per heavy atom. The van der Waals surface area contributed by atoms with Gasteiger partial charge in [0.15, 0.2) is 0 Å². The third-order valence-electron chi connectivity index (χ3n) is 4.84. The Bertz CT molecular complexity index is 735. The normalized spacial score (nSPS) is 17.2. The third kappa shape index (κ3) is 4.56. The number of carbonyl (C=O) groups is 1. The van der Waals surface area contributed by atoms with E-state index in [1.54, 1.807) is 24.4 Å². The summed E-state index contributed by atoms with van der Waals surface area (Å²) in [6.07, 6.45) is 6.62. The molecule has 138 valence electrons. The SMILES string of the molecule is CCC1CCCCN1C(=O)c1ccnc(NCCc2ccc(F)cc2)n1. The molecule has 1 saturated heterocycles. The quantitative estimate of drug-likeness (QED) is 0.858. The average Bonchev–Trinajstić information content (AvgIpc) is 2.69. The van der Waals surface area contributed by atoms with E-state index in [2.05, 4.69) is 22.2 Å². The second kappa shape index (κ2) is 8.74. The van der Waals surface area contributed by atoms with Crippen molar-refractivity contribution in [2.24, 2.45) is 0 Å². The van der Waals surface area contributed by atoms with Gasteiger partial charge in [0.1, 0.15) is 11.5 Å². The highest BCUT2D eigenvalue weighted by molar-refractivity contribution is 5.92. The summed E-state index contributed by atoms with van der Waals surface area (Å²) in [6.45, 7) is 3.54. The lowest BCUT2D eigenvalue weighted by atomic mass is 9.99. The lowest BCUT2D eigenvalue weighted by Gasteiger charge is -2.35. The molecule has 1 aliphatic heterocycles. The molecule has 0 radical (unpaired) electrons. The zero-order valence-electron chi connectivity index (χ0n) is 15.1. The molecule has 2 heterocycles. The summed E-state index contributed by atoms with van der Waals surface area (Å²) in [7, 11) is 0. The zero-order valence-corrected chi connectivity index (χ0v) is 15.1. The fourth-order valence-electron chi connectivity index (χ4n) is 3.37. The van der Waals surface area contributed by atoms with Crippen LogP contribution in [-0.2, 0) is 6.42 Å². The minimum Gasteiger partial charge on any atom is -0.354 e. The van der Waals surface area contributed by atoms with Crippen LogP contribution in [0.1, 0.15) is 48.7 Å². The Balaban J connectivity index is 1.60. The standard InChI is InChI=1S/C20H25FN4O/c1-2-17-5-3-4-14-25(17)19(26)18-11-13-23-20(24-18)22-12-10-15-6-8-16(21)9-7-15/h6-9,11,13,17H,2-5,10,12,14H2,1H3,(H,22,23,24). The first kappa shape index (κ1) is 18.3. The molecule has 2 aromatic rings. The highest BCUT2D eigenvalue weighted by Crippen LogP contribution is 2.21. The van der Waals surface area contributed by atoms with E-state index in [1.165, 1.54) is 18.6 Å². The van der Waals surface area contributed by atoms with Gasteiger partial charge in [0.05, 0.1) is 0 Å². The van der Waals surface area contributed by atoms with E-state index in [0.29, 0.717) is 24.2 Å². The molecular weight excluding hydrogens is 331 g/mol. The van der Waals surface area contributed by atoms with Gasteiger partial charge in [-0.15, -0.1) is 0 Å². The molecule has 3 rings (SSSR count). The van der Waals surface area contributed by atoms with Crippen molar-refractivity contribution in [3.8, 4) is 0 Å². The third-order valence-corrected chi connectivity index (χ3v) is 4.84. The van der Waals surface area contributed by atoms with E-state index in [0.717, 1.165) is 37.8 Å². The van der Waals surface area contributed by atoms with Crippen molar-refractivity contribution in [3.63, 3.8) is 0 Å². The first-order valence-electron chi connectivity index (χ1n) is 9.29. The Hall–Kier alpha value is -2.50. The summed E-state index contributed by atoms with van der Waals surface area (Å²) in [5.74, 6) is 0.197. The van der Waals surface area contributed by atoms with Crippen molar-refractivity contribution in [2.45, 2.75) is 45.1 Å². The molecule has 1 N–H and O–H groups in total. The topological polar surface area (TPSA) is 58.1 Å². The van der Waals surface area contributed by atoms with E-state index < -0.39 is 0 Å². The largest absolute Gasteiger partial charge is 0.354 e. The van der Waals surface area contributed by atoms with Crippen molar-refractivity contribution in [1.29, 1.82) is 0 Å². The van der Waals surface area contributed by atoms with Crippen molar-refractivity contribution in [3.05, 3.63) is 53.6 Å². The fourth-order valence-corrected chi connectivity index (χ4v) is 3.37. The molecule has 1 aromatic carbocycles. The van der Waals surface area contributed by atoms with Crippen LogP contribution in [0, 0.1) is 5.82 Å². The van der Waals surface area contributed by atoms with Crippen LogP contribution in [0.5, 0.6) is 0 Å². The molecule has 1 fully saturated rings. The number of nitrogens with zero attached hydrogens (tertiary/aromatic N) is 3. The van der Waals surface area contributed by atoms with E-state index in [-0.39, 0.29) is 11.7 Å². The van der Waals surface area contributed by atoms with Crippen molar-refractivity contribution >= 4 is 11.9 Å². The number of benzene rings is 1. The van der Waals surface area contributed by atoms with Crippen LogP contribution in [0.15, 0.2) is 36.5 Å². The number of piperidine rings is 1. The second-order valence-corrected chi connectivity index (χ2v) is 6.63. The number of amides is 1. The number of halogens is 1. The Kier molecular flexibility index (Phi) is 6.15. The molecule has 0 aliphatic carbocycles. The molecule has 1 unspecified atom stereocenters. The number of nitrogens with one attached hydrogen (secondary N) is 1. The van der Waals surface area contributed by atoms with Crippen LogP contribution in [-0.4, -0.2) is 39.9 Å². The Morgan fingerprint density at radius 2 is 2.08 bits per heavy atom. The van der Waals surface area contributed by atoms with Gasteiger partial charge in [-0.1, -0.05) is 19.1 Å². The van der Waals surface area contributed by atoms with E-state index in [9.17, 15) is 9.18 Å². The number of carbonyl (C=O) groups excluding carboxylic acids is 1. The highest BCUT2D eigenvalue weighted by atomic mass is 19.1. The molecule has 0 bridgehead atoms. The summed E-state index contributed by atoms with van der Waals surface area (Å²) < 4.78 is 12.9. The molecule has 0 saturated carbocycles. The number of rotatable bonds is 6. The summed E-state index contributed by atoms with van der Waals surface area (Å²) in [5, 5.41) is 3.14. The maximum absolute atomic E-state index is 12.9. The maximum atomic E-state index is 12.9. The molecule has 1 aliphatic rings. The minimum absolute atomic E-state index is 0.0134. The Labute approximate surface area is 153 Å². The monoisotopic (exact) mass is 356 g/mol. The van der Waals surface area contributed by atoms with Crippen molar-refractivity contribution in [1.82, 2.24) is 14.9 Å². The summed E-state index contributed by atoms with van der Waals surface area (Å²) in [4.78, 5) is 23.4. The van der Waals surface area contributed by atoms with Crippen LogP contribution < -0.4 is 5.32 Å². The minimum atomic E-state index is -0.237. The smallest absolute Gasteiger partial charge is 0.272 e. The molecule has 1 amide bonds. The van der Waals surface area contributed by atoms with E-state index in [4.69, 9.17) is 0 Å². The number of hydrogen-bond acceptors (Lipinski definition) is 4. The zero-order chi connectivity index (χ0) is 18.4. The van der Waals surface area contributed by atoms with Crippen molar-refractivity contribution < 1.29 is 9.18 Å². The van der Waals surface area contributed by atoms with Crippen LogP contribution in [0.4, 0.5) is 10.3 Å². The highest BCUT2D eigenvalue weighted by Gasteiger charge is 2.27. The Morgan fingerprint density at radius 1 is 1.27 bits per heavy atom. The summed E-state index contributed by atoms with van der Waals surface area (Å²) in [5.41, 5.74) is 1.47. The van der Waals surface area contributed by atoms with Crippen LogP contribution in [0.25, 0.3) is 0 Å². The van der Waals surface area contributed by atoms with E-state index >= 15 is 0 Å². The van der Waals surface area contributed by atoms with Gasteiger partial charge >= 0.3 is 0 Å². The average molecular weight is 356 g/mol. The summed E-state index contributed by atoms with van der Waals surface area (Å²) >= 11 is 0. The van der Waals surface area contributed by atoms with E-state index in [1.807, 2.05) is 4.90 Å². The number of hydrogen-bond donors (Lipinski definition) is 1. The lowest BCUT2D eigenvalue weighted by molar-refractivity contribution is 0.0602. The number of likely N-dealkylation sites (tertiary alicyclic amines) is 1. The fraction of sp³-hybridized carbons (Fsp3) is 0.450. The van der Waals surface area contributed by atoms with Gasteiger partial charge in [-0.05, 0) is 55.9 Å². The van der Waals surface area contributed by atoms with Crippen LogP contribution >= 0.6 is 0 Å². The molecule has 1 aromatic heterocycles. The number of aromatic nitrogens is 2.